The number of rotatable bonds is 4. The van der Waals surface area contributed by atoms with Gasteiger partial charge >= 0.3 is 0 Å². The molecule has 0 aliphatic heterocycles. The molecule has 1 aromatic heterocycles. The van der Waals surface area contributed by atoms with Crippen LogP contribution in [0.4, 0.5) is 5.69 Å². The number of hydrogen-bond donors (Lipinski definition) is 1. The second-order valence-electron chi connectivity index (χ2n) is 4.19. The molecule has 2 aromatic rings. The molecule has 0 unspecified atom stereocenters. The zero-order valence-corrected chi connectivity index (χ0v) is 10.1. The molecule has 0 saturated heterocycles. The van der Waals surface area contributed by atoms with E-state index in [2.05, 4.69) is 15.0 Å². The van der Waals surface area contributed by atoms with Crippen molar-refractivity contribution in [2.24, 2.45) is 0 Å². The number of anilines is 1. The fraction of sp³-hybridized carbons (Fsp3) is 0.333. The van der Waals surface area contributed by atoms with Crippen molar-refractivity contribution in [2.75, 3.05) is 26.4 Å². The van der Waals surface area contributed by atoms with Gasteiger partial charge in [-0.2, -0.15) is 4.98 Å². The van der Waals surface area contributed by atoms with E-state index in [0.717, 1.165) is 24.4 Å². The van der Waals surface area contributed by atoms with Crippen LogP contribution in [0.3, 0.4) is 0 Å². The largest absolute Gasteiger partial charge is 0.399 e. The quantitative estimate of drug-likeness (QED) is 0.807. The topological polar surface area (TPSA) is 68.2 Å². The van der Waals surface area contributed by atoms with Gasteiger partial charge < -0.3 is 15.2 Å². The molecule has 5 heteroatoms. The molecule has 0 aliphatic rings. The molecular weight excluding hydrogens is 216 g/mol. The summed E-state index contributed by atoms with van der Waals surface area (Å²) in [7, 11) is 4.03. The van der Waals surface area contributed by atoms with Gasteiger partial charge in [0, 0.05) is 24.2 Å². The van der Waals surface area contributed by atoms with E-state index < -0.39 is 0 Å². The van der Waals surface area contributed by atoms with Crippen molar-refractivity contribution < 1.29 is 4.52 Å². The van der Waals surface area contributed by atoms with E-state index in [1.54, 1.807) is 0 Å². The predicted molar refractivity (Wildman–Crippen MR) is 66.4 cm³/mol. The predicted octanol–water partition coefficient (Wildman–Crippen LogP) is 1.42. The highest BCUT2D eigenvalue weighted by Crippen LogP contribution is 2.19. The summed E-state index contributed by atoms with van der Waals surface area (Å²) < 4.78 is 5.20. The van der Waals surface area contributed by atoms with E-state index in [1.165, 1.54) is 0 Å². The van der Waals surface area contributed by atoms with E-state index in [-0.39, 0.29) is 0 Å². The minimum atomic E-state index is 0.519. The molecule has 0 bridgehead atoms. The Bertz CT molecular complexity index is 493. The van der Waals surface area contributed by atoms with Crippen LogP contribution < -0.4 is 5.73 Å². The third kappa shape index (κ3) is 3.04. The van der Waals surface area contributed by atoms with E-state index >= 15 is 0 Å². The van der Waals surface area contributed by atoms with Gasteiger partial charge in [-0.25, -0.2) is 0 Å². The standard InChI is InChI=1S/C12H16N4O/c1-16(2)7-6-11-14-12(17-15-11)9-4-3-5-10(13)8-9/h3-5,8H,6-7,13H2,1-2H3. The van der Waals surface area contributed by atoms with Gasteiger partial charge in [-0.1, -0.05) is 11.2 Å². The molecular formula is C12H16N4O. The molecule has 0 spiro atoms. The zero-order chi connectivity index (χ0) is 12.3. The van der Waals surface area contributed by atoms with Gasteiger partial charge in [0.25, 0.3) is 5.89 Å². The van der Waals surface area contributed by atoms with Crippen LogP contribution in [0, 0.1) is 0 Å². The first-order valence-electron chi connectivity index (χ1n) is 5.48. The van der Waals surface area contributed by atoms with E-state index in [1.807, 2.05) is 38.4 Å². The zero-order valence-electron chi connectivity index (χ0n) is 10.1. The molecule has 0 aliphatic carbocycles. The molecule has 0 atom stereocenters. The van der Waals surface area contributed by atoms with Crippen molar-refractivity contribution in [1.82, 2.24) is 15.0 Å². The minimum Gasteiger partial charge on any atom is -0.399 e. The van der Waals surface area contributed by atoms with Crippen LogP contribution in [0.2, 0.25) is 0 Å². The fourth-order valence-electron chi connectivity index (χ4n) is 1.47. The van der Waals surface area contributed by atoms with E-state index in [4.69, 9.17) is 10.3 Å². The highest BCUT2D eigenvalue weighted by atomic mass is 16.5. The average Bonchev–Trinajstić information content (AvgIpc) is 2.75. The summed E-state index contributed by atoms with van der Waals surface area (Å²) in [5, 5.41) is 3.94. The third-order valence-electron chi connectivity index (χ3n) is 2.38. The first-order valence-corrected chi connectivity index (χ1v) is 5.48. The lowest BCUT2D eigenvalue weighted by Crippen LogP contribution is -2.15. The second-order valence-corrected chi connectivity index (χ2v) is 4.19. The van der Waals surface area contributed by atoms with Crippen LogP contribution in [-0.2, 0) is 6.42 Å². The summed E-state index contributed by atoms with van der Waals surface area (Å²) in [5.74, 6) is 1.24. The molecule has 0 radical (unpaired) electrons. The third-order valence-corrected chi connectivity index (χ3v) is 2.38. The van der Waals surface area contributed by atoms with Gasteiger partial charge in [0.05, 0.1) is 0 Å². The summed E-state index contributed by atoms with van der Waals surface area (Å²) in [6, 6.07) is 7.42. The number of nitrogens with zero attached hydrogens (tertiary/aromatic N) is 3. The van der Waals surface area contributed by atoms with Crippen LogP contribution >= 0.6 is 0 Å². The minimum absolute atomic E-state index is 0.519. The Kier molecular flexibility index (Phi) is 3.39. The lowest BCUT2D eigenvalue weighted by atomic mass is 10.2. The maximum absolute atomic E-state index is 5.70. The average molecular weight is 232 g/mol. The van der Waals surface area contributed by atoms with Crippen molar-refractivity contribution in [3.8, 4) is 11.5 Å². The van der Waals surface area contributed by atoms with Crippen LogP contribution in [-0.4, -0.2) is 35.7 Å². The molecule has 2 N–H and O–H groups in total. The first-order chi connectivity index (χ1) is 8.15. The second kappa shape index (κ2) is 4.97. The van der Waals surface area contributed by atoms with E-state index in [0.29, 0.717) is 11.6 Å². The molecule has 0 amide bonds. The van der Waals surface area contributed by atoms with Gasteiger partial charge in [0.1, 0.15) is 0 Å². The number of nitrogens with two attached hydrogens (primary N) is 1. The number of likely N-dealkylation sites (N-methyl/N-ethyl adjacent to an activating group) is 1. The molecule has 2 rings (SSSR count). The Morgan fingerprint density at radius 1 is 1.35 bits per heavy atom. The molecule has 1 aromatic carbocycles. The monoisotopic (exact) mass is 232 g/mol. The smallest absolute Gasteiger partial charge is 0.257 e. The van der Waals surface area contributed by atoms with Crippen molar-refractivity contribution in [1.29, 1.82) is 0 Å². The highest BCUT2D eigenvalue weighted by Gasteiger charge is 2.08. The van der Waals surface area contributed by atoms with Gasteiger partial charge in [-0.3, -0.25) is 0 Å². The van der Waals surface area contributed by atoms with Crippen molar-refractivity contribution >= 4 is 5.69 Å². The summed E-state index contributed by atoms with van der Waals surface area (Å²) in [5.41, 5.74) is 7.25. The fourth-order valence-corrected chi connectivity index (χ4v) is 1.47. The maximum atomic E-state index is 5.70. The highest BCUT2D eigenvalue weighted by molar-refractivity contribution is 5.59. The summed E-state index contributed by atoms with van der Waals surface area (Å²) in [4.78, 5) is 6.41. The SMILES string of the molecule is CN(C)CCc1noc(-c2cccc(N)c2)n1. The molecule has 1 heterocycles. The summed E-state index contributed by atoms with van der Waals surface area (Å²) in [6.45, 7) is 0.899. The number of benzene rings is 1. The molecule has 0 fully saturated rings. The molecule has 90 valence electrons. The van der Waals surface area contributed by atoms with Crippen molar-refractivity contribution in [2.45, 2.75) is 6.42 Å². The Hall–Kier alpha value is -1.88. The van der Waals surface area contributed by atoms with Crippen molar-refractivity contribution in [3.63, 3.8) is 0 Å². The summed E-state index contributed by atoms with van der Waals surface area (Å²) in [6.07, 6.45) is 0.777. The number of hydrogen-bond acceptors (Lipinski definition) is 5. The lowest BCUT2D eigenvalue weighted by Gasteiger charge is -2.05. The van der Waals surface area contributed by atoms with Crippen LogP contribution in [0.5, 0.6) is 0 Å². The van der Waals surface area contributed by atoms with Gasteiger partial charge in [-0.15, -0.1) is 0 Å². The molecule has 17 heavy (non-hydrogen) atoms. The Morgan fingerprint density at radius 3 is 2.88 bits per heavy atom. The molecule has 5 nitrogen and oxygen atoms in total. The van der Waals surface area contributed by atoms with Crippen LogP contribution in [0.1, 0.15) is 5.82 Å². The Morgan fingerprint density at radius 2 is 2.18 bits per heavy atom. The lowest BCUT2D eigenvalue weighted by molar-refractivity contribution is 0.392. The van der Waals surface area contributed by atoms with Crippen LogP contribution in [0.15, 0.2) is 28.8 Å². The summed E-state index contributed by atoms with van der Waals surface area (Å²) >= 11 is 0. The van der Waals surface area contributed by atoms with Gasteiger partial charge in [0.15, 0.2) is 5.82 Å². The first kappa shape index (κ1) is 11.6. The van der Waals surface area contributed by atoms with Gasteiger partial charge in [-0.05, 0) is 32.3 Å². The normalized spacial score (nSPS) is 11.0. The number of aromatic nitrogens is 2. The number of nitrogen functional groups attached to an aromatic ring is 1. The van der Waals surface area contributed by atoms with Crippen LogP contribution in [0.25, 0.3) is 11.5 Å². The molecule has 0 saturated carbocycles. The Labute approximate surface area is 100 Å². The van der Waals surface area contributed by atoms with E-state index in [9.17, 15) is 0 Å². The Balaban J connectivity index is 2.12. The maximum Gasteiger partial charge on any atom is 0.257 e. The van der Waals surface area contributed by atoms with Crippen molar-refractivity contribution in [3.05, 3.63) is 30.1 Å². The van der Waals surface area contributed by atoms with Gasteiger partial charge in [0.2, 0.25) is 0 Å².